The monoisotopic (exact) mass is 350 g/mol. The minimum absolute atomic E-state index is 0.0238. The molecule has 1 aliphatic carbocycles. The van der Waals surface area contributed by atoms with Gasteiger partial charge in [0.15, 0.2) is 0 Å². The summed E-state index contributed by atoms with van der Waals surface area (Å²) in [6.07, 6.45) is 4.32. The Kier molecular flexibility index (Phi) is 4.70. The zero-order chi connectivity index (χ0) is 17.2. The molecule has 1 heterocycles. The molecule has 1 aromatic carbocycles. The van der Waals surface area contributed by atoms with Crippen molar-refractivity contribution in [3.05, 3.63) is 53.5 Å². The Labute approximate surface area is 140 Å². The van der Waals surface area contributed by atoms with Crippen LogP contribution in [0.25, 0.3) is 0 Å². The maximum atomic E-state index is 12.4. The number of rotatable bonds is 5. The molecule has 0 aliphatic heterocycles. The lowest BCUT2D eigenvalue weighted by Crippen LogP contribution is -2.30. The van der Waals surface area contributed by atoms with Gasteiger partial charge in [0.05, 0.1) is 24.3 Å². The normalized spacial score (nSPS) is 17.3. The zero-order valence-corrected chi connectivity index (χ0v) is 13.9. The van der Waals surface area contributed by atoms with Gasteiger partial charge in [-0.05, 0) is 43.2 Å². The highest BCUT2D eigenvalue weighted by molar-refractivity contribution is 7.89. The molecule has 1 unspecified atom stereocenters. The van der Waals surface area contributed by atoms with E-state index in [9.17, 15) is 13.2 Å². The van der Waals surface area contributed by atoms with E-state index in [1.54, 1.807) is 6.26 Å². The average molecular weight is 350 g/mol. The quantitative estimate of drug-likeness (QED) is 0.803. The molecule has 0 spiro atoms. The van der Waals surface area contributed by atoms with Gasteiger partial charge in [0.1, 0.15) is 5.76 Å². The SMILES string of the molecule is CONS(=O)(=O)c1ccc(C(=O)NC2CCCc3occc32)cc1. The predicted octanol–water partition coefficient (Wildman–Crippen LogP) is 1.93. The van der Waals surface area contributed by atoms with Crippen molar-refractivity contribution >= 4 is 15.9 Å². The molecule has 1 aliphatic rings. The molecule has 24 heavy (non-hydrogen) atoms. The molecular formula is C16H18N2O5S. The Hall–Kier alpha value is -2.16. The van der Waals surface area contributed by atoms with E-state index >= 15 is 0 Å². The lowest BCUT2D eigenvalue weighted by atomic mass is 9.93. The van der Waals surface area contributed by atoms with Crippen LogP contribution in [0.5, 0.6) is 0 Å². The topological polar surface area (TPSA) is 97.6 Å². The summed E-state index contributed by atoms with van der Waals surface area (Å²) in [6.45, 7) is 0. The van der Waals surface area contributed by atoms with E-state index in [4.69, 9.17) is 4.42 Å². The lowest BCUT2D eigenvalue weighted by Gasteiger charge is -2.22. The molecule has 2 N–H and O–H groups in total. The van der Waals surface area contributed by atoms with Crippen LogP contribution in [0.1, 0.15) is 40.6 Å². The first-order valence-corrected chi connectivity index (χ1v) is 9.01. The molecule has 0 bridgehead atoms. The van der Waals surface area contributed by atoms with Crippen molar-refractivity contribution in [2.24, 2.45) is 0 Å². The second-order valence-electron chi connectivity index (χ2n) is 5.53. The molecular weight excluding hydrogens is 332 g/mol. The van der Waals surface area contributed by atoms with Gasteiger partial charge in [-0.25, -0.2) is 8.42 Å². The first-order valence-electron chi connectivity index (χ1n) is 7.53. The molecule has 0 radical (unpaired) electrons. The molecule has 1 atom stereocenters. The number of nitrogens with one attached hydrogen (secondary N) is 2. The van der Waals surface area contributed by atoms with Crippen LogP contribution in [-0.2, 0) is 21.3 Å². The van der Waals surface area contributed by atoms with Gasteiger partial charge >= 0.3 is 0 Å². The second-order valence-corrected chi connectivity index (χ2v) is 7.18. The highest BCUT2D eigenvalue weighted by atomic mass is 32.2. The molecule has 1 amide bonds. The van der Waals surface area contributed by atoms with Crippen molar-refractivity contribution in [1.29, 1.82) is 0 Å². The third kappa shape index (κ3) is 3.35. The fraction of sp³-hybridized carbons (Fsp3) is 0.312. The van der Waals surface area contributed by atoms with E-state index in [0.717, 1.165) is 30.6 Å². The summed E-state index contributed by atoms with van der Waals surface area (Å²) in [4.78, 5) is 18.8. The van der Waals surface area contributed by atoms with E-state index in [1.807, 2.05) is 11.0 Å². The summed E-state index contributed by atoms with van der Waals surface area (Å²) in [7, 11) is -2.51. The molecule has 0 saturated carbocycles. The number of furan rings is 1. The number of hydrogen-bond donors (Lipinski definition) is 2. The number of hydrogen-bond acceptors (Lipinski definition) is 5. The molecule has 8 heteroatoms. The van der Waals surface area contributed by atoms with Crippen LogP contribution >= 0.6 is 0 Å². The molecule has 128 valence electrons. The van der Waals surface area contributed by atoms with Gasteiger partial charge in [-0.2, -0.15) is 0 Å². The molecule has 1 aromatic heterocycles. The predicted molar refractivity (Wildman–Crippen MR) is 85.6 cm³/mol. The van der Waals surface area contributed by atoms with Gasteiger partial charge < -0.3 is 9.73 Å². The fourth-order valence-corrected chi connectivity index (χ4v) is 3.63. The van der Waals surface area contributed by atoms with Crippen LogP contribution in [0.15, 0.2) is 45.9 Å². The molecule has 0 saturated heterocycles. The largest absolute Gasteiger partial charge is 0.469 e. The number of aryl methyl sites for hydroxylation is 1. The summed E-state index contributed by atoms with van der Waals surface area (Å²) in [6, 6.07) is 7.46. The Balaban J connectivity index is 1.73. The van der Waals surface area contributed by atoms with Crippen molar-refractivity contribution in [2.45, 2.75) is 30.2 Å². The van der Waals surface area contributed by atoms with Crippen molar-refractivity contribution in [2.75, 3.05) is 7.11 Å². The van der Waals surface area contributed by atoms with Crippen LogP contribution in [0, 0.1) is 0 Å². The van der Waals surface area contributed by atoms with Gasteiger partial charge in [-0.15, -0.1) is 0 Å². The van der Waals surface area contributed by atoms with Crippen LogP contribution in [0.2, 0.25) is 0 Å². The minimum Gasteiger partial charge on any atom is -0.469 e. The molecule has 7 nitrogen and oxygen atoms in total. The minimum atomic E-state index is -3.73. The van der Waals surface area contributed by atoms with Crippen molar-refractivity contribution in [1.82, 2.24) is 10.2 Å². The van der Waals surface area contributed by atoms with Gasteiger partial charge in [0, 0.05) is 17.5 Å². The zero-order valence-electron chi connectivity index (χ0n) is 13.1. The third-order valence-electron chi connectivity index (χ3n) is 3.98. The summed E-state index contributed by atoms with van der Waals surface area (Å²) < 4.78 is 29.0. The Morgan fingerprint density at radius 1 is 1.25 bits per heavy atom. The van der Waals surface area contributed by atoms with Crippen LogP contribution in [0.4, 0.5) is 0 Å². The van der Waals surface area contributed by atoms with E-state index in [0.29, 0.717) is 5.56 Å². The summed E-state index contributed by atoms with van der Waals surface area (Å²) >= 11 is 0. The number of carbonyl (C=O) groups excluding carboxylic acids is 1. The average Bonchev–Trinajstić information content (AvgIpc) is 3.04. The number of carbonyl (C=O) groups is 1. The van der Waals surface area contributed by atoms with Gasteiger partial charge in [0.25, 0.3) is 15.9 Å². The highest BCUT2D eigenvalue weighted by Gasteiger charge is 2.24. The molecule has 2 aromatic rings. The maximum Gasteiger partial charge on any atom is 0.262 e. The molecule has 0 fully saturated rings. The van der Waals surface area contributed by atoms with Crippen LogP contribution in [-0.4, -0.2) is 21.4 Å². The number of sulfonamides is 1. The van der Waals surface area contributed by atoms with Crippen molar-refractivity contribution < 1.29 is 22.5 Å². The third-order valence-corrected chi connectivity index (χ3v) is 5.26. The van der Waals surface area contributed by atoms with E-state index in [1.165, 1.54) is 31.4 Å². The first-order chi connectivity index (χ1) is 11.5. The first kappa shape index (κ1) is 16.7. The van der Waals surface area contributed by atoms with E-state index in [2.05, 4.69) is 10.2 Å². The summed E-state index contributed by atoms with van der Waals surface area (Å²) in [5.41, 5.74) is 1.40. The summed E-state index contributed by atoms with van der Waals surface area (Å²) in [5.74, 6) is 0.663. The second kappa shape index (κ2) is 6.76. The lowest BCUT2D eigenvalue weighted by molar-refractivity contribution is 0.0932. The van der Waals surface area contributed by atoms with Crippen molar-refractivity contribution in [3.63, 3.8) is 0 Å². The summed E-state index contributed by atoms with van der Waals surface area (Å²) in [5, 5.41) is 2.97. The maximum absolute atomic E-state index is 12.4. The van der Waals surface area contributed by atoms with Crippen molar-refractivity contribution in [3.8, 4) is 0 Å². The number of amides is 1. The van der Waals surface area contributed by atoms with Crippen LogP contribution in [0.3, 0.4) is 0 Å². The van der Waals surface area contributed by atoms with Gasteiger partial charge in [0.2, 0.25) is 0 Å². The number of benzene rings is 1. The fourth-order valence-electron chi connectivity index (χ4n) is 2.82. The number of fused-ring (bicyclic) bond motifs is 1. The van der Waals surface area contributed by atoms with Crippen LogP contribution < -0.4 is 10.2 Å². The standard InChI is InChI=1S/C16H18N2O5S/c1-22-18-24(20,21)12-7-5-11(6-8-12)16(19)17-14-3-2-4-15-13(14)9-10-23-15/h5-10,14,18H,2-4H2,1H3,(H,17,19). The Morgan fingerprint density at radius 2 is 2.00 bits per heavy atom. The highest BCUT2D eigenvalue weighted by Crippen LogP contribution is 2.30. The Morgan fingerprint density at radius 3 is 2.71 bits per heavy atom. The van der Waals surface area contributed by atoms with Gasteiger partial charge in [-0.3, -0.25) is 9.63 Å². The molecule has 3 rings (SSSR count). The smallest absolute Gasteiger partial charge is 0.262 e. The van der Waals surface area contributed by atoms with Gasteiger partial charge in [-0.1, -0.05) is 4.89 Å². The Bertz CT molecular complexity index is 826. The van der Waals surface area contributed by atoms with E-state index in [-0.39, 0.29) is 16.8 Å². The van der Waals surface area contributed by atoms with E-state index < -0.39 is 10.0 Å².